The predicted molar refractivity (Wildman–Crippen MR) is 70.8 cm³/mol. The third-order valence-electron chi connectivity index (χ3n) is 3.75. The van der Waals surface area contributed by atoms with Gasteiger partial charge in [0.25, 0.3) is 0 Å². The molecular weight excluding hydrogens is 208 g/mol. The van der Waals surface area contributed by atoms with Gasteiger partial charge in [-0.3, -0.25) is 0 Å². The van der Waals surface area contributed by atoms with Crippen LogP contribution in [0.25, 0.3) is 0 Å². The first-order valence-electron chi connectivity index (χ1n) is 6.36. The molecule has 0 heterocycles. The van der Waals surface area contributed by atoms with Crippen molar-refractivity contribution < 1.29 is 0 Å². The second kappa shape index (κ2) is 4.79. The summed E-state index contributed by atoms with van der Waals surface area (Å²) in [5.74, 6) is 0. The quantitative estimate of drug-likeness (QED) is 0.832. The van der Waals surface area contributed by atoms with Crippen molar-refractivity contribution in [3.8, 4) is 6.07 Å². The molecule has 1 fully saturated rings. The first-order valence-corrected chi connectivity index (χ1v) is 6.36. The second-order valence-corrected chi connectivity index (χ2v) is 5.74. The van der Waals surface area contributed by atoms with Crippen LogP contribution in [0.2, 0.25) is 0 Å². The van der Waals surface area contributed by atoms with Gasteiger partial charge in [-0.05, 0) is 43.2 Å². The molecule has 2 heteroatoms. The van der Waals surface area contributed by atoms with Crippen LogP contribution in [0.4, 0.5) is 5.69 Å². The molecule has 1 aromatic carbocycles. The number of hydrogen-bond donors (Lipinski definition) is 1. The van der Waals surface area contributed by atoms with E-state index in [4.69, 9.17) is 5.26 Å². The molecule has 0 unspecified atom stereocenters. The van der Waals surface area contributed by atoms with E-state index in [1.807, 2.05) is 24.3 Å². The molecule has 1 saturated carbocycles. The van der Waals surface area contributed by atoms with Crippen LogP contribution < -0.4 is 5.32 Å². The van der Waals surface area contributed by atoms with Crippen LogP contribution in [0.15, 0.2) is 24.3 Å². The van der Waals surface area contributed by atoms with Crippen molar-refractivity contribution in [2.75, 3.05) is 5.32 Å². The van der Waals surface area contributed by atoms with Gasteiger partial charge in [-0.25, -0.2) is 0 Å². The van der Waals surface area contributed by atoms with E-state index in [0.29, 0.717) is 11.5 Å². The molecule has 1 aromatic rings. The summed E-state index contributed by atoms with van der Waals surface area (Å²) in [5.41, 5.74) is 2.23. The Morgan fingerprint density at radius 2 is 1.88 bits per heavy atom. The fourth-order valence-corrected chi connectivity index (χ4v) is 2.47. The lowest BCUT2D eigenvalue weighted by molar-refractivity contribution is 0.232. The number of hydrogen-bond acceptors (Lipinski definition) is 2. The van der Waals surface area contributed by atoms with Crippen molar-refractivity contribution in [1.82, 2.24) is 0 Å². The number of benzene rings is 1. The molecule has 2 rings (SSSR count). The molecule has 0 amide bonds. The van der Waals surface area contributed by atoms with Crippen LogP contribution >= 0.6 is 0 Å². The van der Waals surface area contributed by atoms with E-state index in [-0.39, 0.29) is 0 Å². The Kier molecular flexibility index (Phi) is 3.38. The smallest absolute Gasteiger partial charge is 0.101 e. The van der Waals surface area contributed by atoms with Crippen molar-refractivity contribution in [1.29, 1.82) is 5.26 Å². The van der Waals surface area contributed by atoms with E-state index in [1.54, 1.807) is 0 Å². The van der Waals surface area contributed by atoms with E-state index in [9.17, 15) is 0 Å². The lowest BCUT2D eigenvalue weighted by Crippen LogP contribution is -2.30. The molecule has 1 N–H and O–H groups in total. The Morgan fingerprint density at radius 1 is 1.24 bits per heavy atom. The van der Waals surface area contributed by atoms with E-state index in [1.165, 1.54) is 25.7 Å². The Bertz CT molecular complexity index is 419. The summed E-state index contributed by atoms with van der Waals surface area (Å²) < 4.78 is 0. The minimum atomic E-state index is 0.493. The maximum absolute atomic E-state index is 9.04. The topological polar surface area (TPSA) is 35.8 Å². The van der Waals surface area contributed by atoms with Gasteiger partial charge in [-0.1, -0.05) is 26.0 Å². The molecule has 17 heavy (non-hydrogen) atoms. The number of nitrogens with zero attached hydrogens (tertiary/aromatic N) is 1. The number of nitriles is 1. The van der Waals surface area contributed by atoms with Gasteiger partial charge >= 0.3 is 0 Å². The van der Waals surface area contributed by atoms with Gasteiger partial charge < -0.3 is 5.32 Å². The summed E-state index contributed by atoms with van der Waals surface area (Å²) in [6.45, 7) is 4.68. The summed E-state index contributed by atoms with van der Waals surface area (Å²) in [4.78, 5) is 0. The first-order chi connectivity index (χ1) is 8.11. The summed E-state index contributed by atoms with van der Waals surface area (Å²) in [6, 6.07) is 10.5. The maximum Gasteiger partial charge on any atom is 0.101 e. The zero-order valence-corrected chi connectivity index (χ0v) is 10.7. The Labute approximate surface area is 104 Å². The lowest BCUT2D eigenvalue weighted by Gasteiger charge is -2.35. The van der Waals surface area contributed by atoms with E-state index < -0.39 is 0 Å². The molecule has 0 atom stereocenters. The highest BCUT2D eigenvalue weighted by Crippen LogP contribution is 2.36. The summed E-state index contributed by atoms with van der Waals surface area (Å²) >= 11 is 0. The largest absolute Gasteiger partial charge is 0.381 e. The van der Waals surface area contributed by atoms with Crippen LogP contribution in [-0.2, 0) is 0 Å². The van der Waals surface area contributed by atoms with Crippen molar-refractivity contribution in [3.05, 3.63) is 29.8 Å². The second-order valence-electron chi connectivity index (χ2n) is 5.74. The fourth-order valence-electron chi connectivity index (χ4n) is 2.47. The third kappa shape index (κ3) is 3.00. The number of anilines is 1. The highest BCUT2D eigenvalue weighted by atomic mass is 14.9. The van der Waals surface area contributed by atoms with Crippen LogP contribution in [0, 0.1) is 16.7 Å². The minimum Gasteiger partial charge on any atom is -0.381 e. The van der Waals surface area contributed by atoms with Gasteiger partial charge in [0.15, 0.2) is 0 Å². The van der Waals surface area contributed by atoms with Gasteiger partial charge in [-0.2, -0.15) is 5.26 Å². The van der Waals surface area contributed by atoms with Crippen molar-refractivity contribution in [3.63, 3.8) is 0 Å². The molecule has 0 bridgehead atoms. The molecule has 1 aliphatic rings. The van der Waals surface area contributed by atoms with Crippen LogP contribution in [0.5, 0.6) is 0 Å². The molecule has 0 aliphatic heterocycles. The summed E-state index contributed by atoms with van der Waals surface area (Å²) in [6.07, 6.45) is 4.93. The van der Waals surface area contributed by atoms with Crippen LogP contribution in [0.1, 0.15) is 45.1 Å². The van der Waals surface area contributed by atoms with Gasteiger partial charge in [0.1, 0.15) is 6.07 Å². The Hall–Kier alpha value is -1.49. The predicted octanol–water partition coefficient (Wildman–Crippen LogP) is 3.94. The van der Waals surface area contributed by atoms with Gasteiger partial charge in [-0.15, -0.1) is 0 Å². The van der Waals surface area contributed by atoms with Crippen LogP contribution in [-0.4, -0.2) is 6.04 Å². The van der Waals surface area contributed by atoms with E-state index in [2.05, 4.69) is 25.2 Å². The highest BCUT2D eigenvalue weighted by molar-refractivity contribution is 5.57. The van der Waals surface area contributed by atoms with Crippen molar-refractivity contribution in [2.24, 2.45) is 5.41 Å². The molecule has 90 valence electrons. The highest BCUT2D eigenvalue weighted by Gasteiger charge is 2.26. The number of nitrogens with one attached hydrogen (secondary N) is 1. The fraction of sp³-hybridized carbons (Fsp3) is 0.533. The summed E-state index contributed by atoms with van der Waals surface area (Å²) in [5, 5.41) is 12.6. The molecular formula is C15H20N2. The zero-order valence-electron chi connectivity index (χ0n) is 10.7. The number of rotatable bonds is 2. The SMILES string of the molecule is CC1(C)CCC(Nc2ccccc2C#N)CC1. The van der Waals surface area contributed by atoms with E-state index >= 15 is 0 Å². The molecule has 0 aromatic heterocycles. The monoisotopic (exact) mass is 228 g/mol. The maximum atomic E-state index is 9.04. The van der Waals surface area contributed by atoms with Crippen molar-refractivity contribution in [2.45, 2.75) is 45.6 Å². The Balaban J connectivity index is 2.01. The molecule has 0 radical (unpaired) electrons. The lowest BCUT2D eigenvalue weighted by atomic mass is 9.75. The van der Waals surface area contributed by atoms with Crippen LogP contribution in [0.3, 0.4) is 0 Å². The number of para-hydroxylation sites is 1. The molecule has 0 saturated heterocycles. The standard InChI is InChI=1S/C15H20N2/c1-15(2)9-7-13(8-10-15)17-14-6-4-3-5-12(14)11-16/h3-6,13,17H,7-10H2,1-2H3. The van der Waals surface area contributed by atoms with Gasteiger partial charge in [0.05, 0.1) is 11.3 Å². The van der Waals surface area contributed by atoms with Crippen molar-refractivity contribution >= 4 is 5.69 Å². The summed E-state index contributed by atoms with van der Waals surface area (Å²) in [7, 11) is 0. The molecule has 0 spiro atoms. The molecule has 2 nitrogen and oxygen atoms in total. The molecule has 1 aliphatic carbocycles. The van der Waals surface area contributed by atoms with Gasteiger partial charge in [0.2, 0.25) is 0 Å². The minimum absolute atomic E-state index is 0.493. The first kappa shape index (κ1) is 12.0. The third-order valence-corrected chi connectivity index (χ3v) is 3.75. The average molecular weight is 228 g/mol. The Morgan fingerprint density at radius 3 is 2.53 bits per heavy atom. The average Bonchev–Trinajstić information content (AvgIpc) is 2.32. The van der Waals surface area contributed by atoms with Gasteiger partial charge in [0, 0.05) is 6.04 Å². The zero-order chi connectivity index (χ0) is 12.3. The normalized spacial score (nSPS) is 19.6. The van der Waals surface area contributed by atoms with E-state index in [0.717, 1.165) is 11.3 Å².